The van der Waals surface area contributed by atoms with E-state index in [9.17, 15) is 14.4 Å². The molecule has 0 bridgehead atoms. The van der Waals surface area contributed by atoms with E-state index in [0.717, 1.165) is 19.5 Å². The highest BCUT2D eigenvalue weighted by Gasteiger charge is 2.38. The van der Waals surface area contributed by atoms with Crippen molar-refractivity contribution in [1.29, 1.82) is 0 Å². The van der Waals surface area contributed by atoms with E-state index in [4.69, 9.17) is 5.11 Å². The first-order valence-electron chi connectivity index (χ1n) is 10.6. The number of carboxylic acid groups (broad SMARTS) is 1. The second-order valence-corrected chi connectivity index (χ2v) is 8.07. The van der Waals surface area contributed by atoms with Crippen molar-refractivity contribution in [3.05, 3.63) is 29.8 Å². The van der Waals surface area contributed by atoms with Gasteiger partial charge < -0.3 is 20.2 Å². The first-order chi connectivity index (χ1) is 13.9. The van der Waals surface area contributed by atoms with Crippen LogP contribution in [-0.4, -0.2) is 59.5 Å². The molecule has 7 nitrogen and oxygen atoms in total. The Labute approximate surface area is 172 Å². The fraction of sp³-hybridized carbons (Fsp3) is 0.591. The molecule has 0 radical (unpaired) electrons. The number of amides is 2. The molecule has 158 valence electrons. The molecular weight excluding hydrogens is 370 g/mol. The maximum absolute atomic E-state index is 12.8. The number of nitrogens with zero attached hydrogens (tertiary/aromatic N) is 2. The molecule has 29 heavy (non-hydrogen) atoms. The number of nitrogens with one attached hydrogen (secondary N) is 1. The fourth-order valence-corrected chi connectivity index (χ4v) is 4.44. The van der Waals surface area contributed by atoms with Gasteiger partial charge in [-0.15, -0.1) is 0 Å². The van der Waals surface area contributed by atoms with Crippen LogP contribution >= 0.6 is 0 Å². The number of anilines is 1. The lowest BCUT2D eigenvalue weighted by molar-refractivity contribution is -0.137. The predicted octanol–water partition coefficient (Wildman–Crippen LogP) is 2.19. The number of aryl methyl sites for hydroxylation is 1. The van der Waals surface area contributed by atoms with Crippen LogP contribution in [0.5, 0.6) is 0 Å². The van der Waals surface area contributed by atoms with Crippen LogP contribution in [0.2, 0.25) is 0 Å². The fourth-order valence-electron chi connectivity index (χ4n) is 4.44. The van der Waals surface area contributed by atoms with Gasteiger partial charge in [0.15, 0.2) is 0 Å². The summed E-state index contributed by atoms with van der Waals surface area (Å²) < 4.78 is 0. The van der Waals surface area contributed by atoms with Crippen molar-refractivity contribution in [2.24, 2.45) is 0 Å². The summed E-state index contributed by atoms with van der Waals surface area (Å²) in [5.74, 6) is -0.837. The Morgan fingerprint density at radius 3 is 2.41 bits per heavy atom. The van der Waals surface area contributed by atoms with Gasteiger partial charge in [0.05, 0.1) is 0 Å². The molecule has 1 aromatic carbocycles. The minimum atomic E-state index is -0.875. The largest absolute Gasteiger partial charge is 0.481 e. The monoisotopic (exact) mass is 401 g/mol. The predicted molar refractivity (Wildman–Crippen MR) is 111 cm³/mol. The van der Waals surface area contributed by atoms with Crippen LogP contribution < -0.4 is 10.2 Å². The van der Waals surface area contributed by atoms with E-state index in [0.29, 0.717) is 45.2 Å². The molecule has 1 aromatic rings. The third-order valence-electron chi connectivity index (χ3n) is 6.22. The van der Waals surface area contributed by atoms with Crippen molar-refractivity contribution in [2.45, 2.75) is 57.4 Å². The molecule has 3 rings (SSSR count). The van der Waals surface area contributed by atoms with E-state index in [-0.39, 0.29) is 18.2 Å². The van der Waals surface area contributed by atoms with Crippen molar-refractivity contribution in [3.8, 4) is 0 Å². The molecule has 2 amide bonds. The maximum Gasteiger partial charge on any atom is 0.303 e. The number of benzene rings is 1. The molecule has 2 heterocycles. The van der Waals surface area contributed by atoms with Gasteiger partial charge in [-0.1, -0.05) is 25.1 Å². The Balaban J connectivity index is 1.52. The third kappa shape index (κ3) is 5.28. The summed E-state index contributed by atoms with van der Waals surface area (Å²) >= 11 is 0. The van der Waals surface area contributed by atoms with Gasteiger partial charge in [0.1, 0.15) is 0 Å². The third-order valence-corrected chi connectivity index (χ3v) is 6.22. The number of carbonyl (C=O) groups is 3. The van der Waals surface area contributed by atoms with Gasteiger partial charge in [-0.05, 0) is 37.3 Å². The van der Waals surface area contributed by atoms with E-state index in [1.807, 2.05) is 4.90 Å². The number of para-hydroxylation sites is 1. The summed E-state index contributed by atoms with van der Waals surface area (Å²) in [6, 6.07) is 8.41. The molecule has 2 aliphatic rings. The molecule has 0 aromatic heterocycles. The summed E-state index contributed by atoms with van der Waals surface area (Å²) in [5, 5.41) is 11.9. The van der Waals surface area contributed by atoms with Gasteiger partial charge in [-0.2, -0.15) is 0 Å². The van der Waals surface area contributed by atoms with Crippen LogP contribution in [-0.2, 0) is 20.8 Å². The van der Waals surface area contributed by atoms with E-state index in [1.54, 1.807) is 0 Å². The van der Waals surface area contributed by atoms with Crippen molar-refractivity contribution < 1.29 is 19.5 Å². The lowest BCUT2D eigenvalue weighted by Gasteiger charge is -2.37. The minimum absolute atomic E-state index is 0.00395. The summed E-state index contributed by atoms with van der Waals surface area (Å²) in [5.41, 5.74) is 2.03. The number of hydrogen-bond acceptors (Lipinski definition) is 4. The number of piperazine rings is 1. The van der Waals surface area contributed by atoms with Gasteiger partial charge >= 0.3 is 5.97 Å². The zero-order valence-electron chi connectivity index (χ0n) is 17.2. The average molecular weight is 402 g/mol. The molecule has 2 N–H and O–H groups in total. The number of aliphatic carboxylic acids is 1. The first kappa shape index (κ1) is 21.1. The molecule has 2 aliphatic heterocycles. The van der Waals surface area contributed by atoms with Gasteiger partial charge in [0.2, 0.25) is 11.8 Å². The number of carboxylic acids is 1. The Kier molecular flexibility index (Phi) is 6.77. The SMILES string of the molecule is CCc1ccccc1N1CCN(C(=O)CC[C@@]2(CCC(=O)O)CCC(=O)N2)CC1. The zero-order chi connectivity index (χ0) is 20.9. The van der Waals surface area contributed by atoms with Crippen LogP contribution in [0.3, 0.4) is 0 Å². The van der Waals surface area contributed by atoms with Crippen LogP contribution in [0.15, 0.2) is 24.3 Å². The summed E-state index contributed by atoms with van der Waals surface area (Å²) in [6.07, 6.45) is 3.22. The van der Waals surface area contributed by atoms with Crippen molar-refractivity contribution in [1.82, 2.24) is 10.2 Å². The molecule has 0 aliphatic carbocycles. The van der Waals surface area contributed by atoms with Crippen LogP contribution in [0.25, 0.3) is 0 Å². The number of carbonyl (C=O) groups excluding carboxylic acids is 2. The quantitative estimate of drug-likeness (QED) is 0.697. The molecule has 2 fully saturated rings. The standard InChI is InChI=1S/C22H31N3O4/c1-2-17-5-3-4-6-18(17)24-13-15-25(16-14-24)20(27)8-11-22(12-9-21(28)29)10-7-19(26)23-22/h3-6H,2,7-16H2,1H3,(H,23,26)(H,28,29)/t22-/m1/s1. The second-order valence-electron chi connectivity index (χ2n) is 8.07. The molecule has 2 saturated heterocycles. The Bertz CT molecular complexity index is 758. The first-order valence-corrected chi connectivity index (χ1v) is 10.6. The topological polar surface area (TPSA) is 90.0 Å². The zero-order valence-corrected chi connectivity index (χ0v) is 17.2. The minimum Gasteiger partial charge on any atom is -0.481 e. The number of hydrogen-bond donors (Lipinski definition) is 2. The van der Waals surface area contributed by atoms with E-state index < -0.39 is 11.5 Å². The summed E-state index contributed by atoms with van der Waals surface area (Å²) in [6.45, 7) is 5.14. The van der Waals surface area contributed by atoms with Crippen LogP contribution in [0.1, 0.15) is 51.0 Å². The highest BCUT2D eigenvalue weighted by molar-refractivity contribution is 5.80. The van der Waals surface area contributed by atoms with Gasteiger partial charge in [-0.25, -0.2) is 0 Å². The average Bonchev–Trinajstić information content (AvgIpc) is 3.12. The van der Waals surface area contributed by atoms with Gasteiger partial charge in [0.25, 0.3) is 0 Å². The molecule has 0 unspecified atom stereocenters. The normalized spacial score (nSPS) is 21.9. The highest BCUT2D eigenvalue weighted by Crippen LogP contribution is 2.31. The van der Waals surface area contributed by atoms with Crippen molar-refractivity contribution in [3.63, 3.8) is 0 Å². The summed E-state index contributed by atoms with van der Waals surface area (Å²) in [7, 11) is 0. The van der Waals surface area contributed by atoms with E-state index in [2.05, 4.69) is 41.4 Å². The maximum atomic E-state index is 12.8. The molecular formula is C22H31N3O4. The molecule has 1 atom stereocenters. The van der Waals surface area contributed by atoms with Crippen molar-refractivity contribution >= 4 is 23.5 Å². The Hall–Kier alpha value is -2.57. The second kappa shape index (κ2) is 9.29. The molecule has 7 heteroatoms. The van der Waals surface area contributed by atoms with Crippen molar-refractivity contribution in [2.75, 3.05) is 31.1 Å². The lowest BCUT2D eigenvalue weighted by Crippen LogP contribution is -2.50. The Morgan fingerprint density at radius 2 is 1.79 bits per heavy atom. The van der Waals surface area contributed by atoms with Gasteiger partial charge in [0, 0.05) is 56.7 Å². The van der Waals surface area contributed by atoms with E-state index in [1.165, 1.54) is 11.3 Å². The Morgan fingerprint density at radius 1 is 1.10 bits per heavy atom. The van der Waals surface area contributed by atoms with Crippen LogP contribution in [0.4, 0.5) is 5.69 Å². The van der Waals surface area contributed by atoms with E-state index >= 15 is 0 Å². The van der Waals surface area contributed by atoms with Gasteiger partial charge in [-0.3, -0.25) is 14.4 Å². The molecule has 0 saturated carbocycles. The number of rotatable bonds is 8. The van der Waals surface area contributed by atoms with Crippen LogP contribution in [0, 0.1) is 0 Å². The lowest BCUT2D eigenvalue weighted by atomic mass is 9.86. The summed E-state index contributed by atoms with van der Waals surface area (Å²) in [4.78, 5) is 39.7. The highest BCUT2D eigenvalue weighted by atomic mass is 16.4. The smallest absolute Gasteiger partial charge is 0.303 e. The molecule has 0 spiro atoms.